The minimum Gasteiger partial charge on any atom is -0.493 e. The predicted molar refractivity (Wildman–Crippen MR) is 70.0 cm³/mol. The summed E-state index contributed by atoms with van der Waals surface area (Å²) in [5.74, 6) is 1.36. The van der Waals surface area contributed by atoms with Crippen LogP contribution in [0, 0.1) is 0 Å². The lowest BCUT2D eigenvalue weighted by molar-refractivity contribution is 0.265. The van der Waals surface area contributed by atoms with Gasteiger partial charge < -0.3 is 19.7 Å². The lowest BCUT2D eigenvalue weighted by Gasteiger charge is -2.11. The van der Waals surface area contributed by atoms with Crippen LogP contribution in [-0.2, 0) is 6.61 Å². The van der Waals surface area contributed by atoms with Crippen molar-refractivity contribution in [2.24, 2.45) is 0 Å². The van der Waals surface area contributed by atoms with Gasteiger partial charge in [-0.2, -0.15) is 0 Å². The maximum atomic E-state index is 9.07. The smallest absolute Gasteiger partial charge is 0.161 e. The fraction of sp³-hybridized carbons (Fsp3) is 0.571. The van der Waals surface area contributed by atoms with Crippen molar-refractivity contribution in [3.05, 3.63) is 23.8 Å². The van der Waals surface area contributed by atoms with Gasteiger partial charge in [-0.25, -0.2) is 0 Å². The van der Waals surface area contributed by atoms with Crippen LogP contribution in [0.5, 0.6) is 11.5 Å². The fourth-order valence-corrected chi connectivity index (χ4v) is 1.68. The Bertz CT molecular complexity index is 339. The van der Waals surface area contributed by atoms with E-state index in [4.69, 9.17) is 19.7 Å². The Morgan fingerprint density at radius 3 is 2.44 bits per heavy atom. The van der Waals surface area contributed by atoms with E-state index < -0.39 is 0 Å². The Morgan fingerprint density at radius 1 is 1.00 bits per heavy atom. The molecule has 0 aliphatic heterocycles. The Morgan fingerprint density at radius 2 is 1.78 bits per heavy atom. The second kappa shape index (κ2) is 8.78. The van der Waals surface area contributed by atoms with Crippen LogP contribution in [0.2, 0.25) is 0 Å². The van der Waals surface area contributed by atoms with Gasteiger partial charge in [0.05, 0.1) is 20.3 Å². The lowest BCUT2D eigenvalue weighted by Crippen LogP contribution is -2.00. The number of unbranched alkanes of at least 4 members (excludes halogenated alkanes) is 3. The van der Waals surface area contributed by atoms with Gasteiger partial charge in [-0.15, -0.1) is 0 Å². The van der Waals surface area contributed by atoms with Gasteiger partial charge in [0, 0.05) is 6.61 Å². The molecule has 102 valence electrons. The van der Waals surface area contributed by atoms with Crippen molar-refractivity contribution >= 4 is 0 Å². The van der Waals surface area contributed by atoms with Gasteiger partial charge >= 0.3 is 0 Å². The second-order valence-corrected chi connectivity index (χ2v) is 4.13. The molecule has 1 aromatic rings. The molecule has 1 aromatic carbocycles. The fourth-order valence-electron chi connectivity index (χ4n) is 1.68. The lowest BCUT2D eigenvalue weighted by atomic mass is 10.2. The Labute approximate surface area is 108 Å². The van der Waals surface area contributed by atoms with Crippen LogP contribution in [0.4, 0.5) is 0 Å². The van der Waals surface area contributed by atoms with Crippen molar-refractivity contribution in [3.8, 4) is 11.5 Å². The standard InChI is InChI=1S/C14H22O4/c1-17-13-7-6-12(11-16)10-14(13)18-9-5-3-2-4-8-15/h6-7,10,15-16H,2-5,8-9,11H2,1H3. The van der Waals surface area contributed by atoms with Gasteiger partial charge in [-0.3, -0.25) is 0 Å². The highest BCUT2D eigenvalue weighted by Gasteiger charge is 2.05. The number of aliphatic hydroxyl groups is 2. The molecule has 0 aliphatic carbocycles. The average molecular weight is 254 g/mol. The normalized spacial score (nSPS) is 10.4. The summed E-state index contributed by atoms with van der Waals surface area (Å²) in [6, 6.07) is 5.41. The molecule has 18 heavy (non-hydrogen) atoms. The zero-order valence-electron chi connectivity index (χ0n) is 10.9. The average Bonchev–Trinajstić information content (AvgIpc) is 2.42. The summed E-state index contributed by atoms with van der Waals surface area (Å²) in [6.07, 6.45) is 3.87. The number of rotatable bonds is 9. The van der Waals surface area contributed by atoms with Crippen LogP contribution < -0.4 is 9.47 Å². The highest BCUT2D eigenvalue weighted by atomic mass is 16.5. The SMILES string of the molecule is COc1ccc(CO)cc1OCCCCCCO. The molecule has 0 aliphatic rings. The molecule has 0 bridgehead atoms. The van der Waals surface area contributed by atoms with E-state index in [0.717, 1.165) is 31.2 Å². The third kappa shape index (κ3) is 4.94. The summed E-state index contributed by atoms with van der Waals surface area (Å²) in [5.41, 5.74) is 0.811. The van der Waals surface area contributed by atoms with Crippen LogP contribution in [-0.4, -0.2) is 30.5 Å². The van der Waals surface area contributed by atoms with Gasteiger partial charge in [-0.05, 0) is 37.0 Å². The maximum absolute atomic E-state index is 9.07. The Kier molecular flexibility index (Phi) is 7.22. The first-order valence-corrected chi connectivity index (χ1v) is 6.33. The van der Waals surface area contributed by atoms with Gasteiger partial charge in [0.2, 0.25) is 0 Å². The molecule has 0 fully saturated rings. The first kappa shape index (κ1) is 14.8. The topological polar surface area (TPSA) is 58.9 Å². The van der Waals surface area contributed by atoms with Crippen molar-refractivity contribution in [1.82, 2.24) is 0 Å². The Balaban J connectivity index is 2.39. The quantitative estimate of drug-likeness (QED) is 0.663. The highest BCUT2D eigenvalue weighted by Crippen LogP contribution is 2.28. The molecule has 0 heterocycles. The molecule has 4 nitrogen and oxygen atoms in total. The van der Waals surface area contributed by atoms with Crippen LogP contribution in [0.25, 0.3) is 0 Å². The van der Waals surface area contributed by atoms with Crippen molar-refractivity contribution in [2.75, 3.05) is 20.3 Å². The van der Waals surface area contributed by atoms with Crippen LogP contribution in [0.1, 0.15) is 31.2 Å². The van der Waals surface area contributed by atoms with Gasteiger partial charge in [0.15, 0.2) is 11.5 Å². The van der Waals surface area contributed by atoms with E-state index in [1.54, 1.807) is 19.2 Å². The van der Waals surface area contributed by atoms with E-state index in [0.29, 0.717) is 18.1 Å². The summed E-state index contributed by atoms with van der Waals surface area (Å²) in [4.78, 5) is 0. The minimum atomic E-state index is -0.00312. The molecule has 0 aromatic heterocycles. The van der Waals surface area contributed by atoms with Crippen LogP contribution in [0.3, 0.4) is 0 Å². The molecule has 0 spiro atoms. The van der Waals surface area contributed by atoms with E-state index in [1.165, 1.54) is 0 Å². The van der Waals surface area contributed by atoms with E-state index in [2.05, 4.69) is 0 Å². The third-order valence-corrected chi connectivity index (χ3v) is 2.72. The monoisotopic (exact) mass is 254 g/mol. The van der Waals surface area contributed by atoms with Gasteiger partial charge in [-0.1, -0.05) is 12.5 Å². The third-order valence-electron chi connectivity index (χ3n) is 2.72. The van der Waals surface area contributed by atoms with E-state index >= 15 is 0 Å². The van der Waals surface area contributed by atoms with E-state index in [-0.39, 0.29) is 13.2 Å². The molecular formula is C14H22O4. The van der Waals surface area contributed by atoms with Gasteiger partial charge in [0.1, 0.15) is 0 Å². The zero-order valence-corrected chi connectivity index (χ0v) is 10.9. The highest BCUT2D eigenvalue weighted by molar-refractivity contribution is 5.42. The minimum absolute atomic E-state index is 0.00312. The summed E-state index contributed by atoms with van der Waals surface area (Å²) in [7, 11) is 1.60. The largest absolute Gasteiger partial charge is 0.493 e. The maximum Gasteiger partial charge on any atom is 0.161 e. The number of aliphatic hydroxyl groups excluding tert-OH is 2. The van der Waals surface area contributed by atoms with E-state index in [1.807, 2.05) is 6.07 Å². The van der Waals surface area contributed by atoms with Crippen LogP contribution in [0.15, 0.2) is 18.2 Å². The number of benzene rings is 1. The number of hydrogen-bond donors (Lipinski definition) is 2. The molecule has 0 saturated heterocycles. The molecule has 1 rings (SSSR count). The summed E-state index contributed by atoms with van der Waals surface area (Å²) in [5, 5.41) is 17.7. The molecule has 0 atom stereocenters. The summed E-state index contributed by atoms with van der Waals surface area (Å²) >= 11 is 0. The molecule has 0 amide bonds. The molecule has 0 radical (unpaired) electrons. The molecule has 4 heteroatoms. The van der Waals surface area contributed by atoms with Crippen molar-refractivity contribution < 1.29 is 19.7 Å². The van der Waals surface area contributed by atoms with Crippen LogP contribution >= 0.6 is 0 Å². The zero-order chi connectivity index (χ0) is 13.2. The molecular weight excluding hydrogens is 232 g/mol. The van der Waals surface area contributed by atoms with Gasteiger partial charge in [0.25, 0.3) is 0 Å². The summed E-state index contributed by atoms with van der Waals surface area (Å²) < 4.78 is 10.9. The number of ether oxygens (including phenoxy) is 2. The van der Waals surface area contributed by atoms with Crippen molar-refractivity contribution in [2.45, 2.75) is 32.3 Å². The molecule has 2 N–H and O–H groups in total. The predicted octanol–water partition coefficient (Wildman–Crippen LogP) is 2.12. The first-order valence-electron chi connectivity index (χ1n) is 6.33. The van der Waals surface area contributed by atoms with Crippen molar-refractivity contribution in [1.29, 1.82) is 0 Å². The first-order chi connectivity index (χ1) is 8.81. The number of methoxy groups -OCH3 is 1. The van der Waals surface area contributed by atoms with E-state index in [9.17, 15) is 0 Å². The second-order valence-electron chi connectivity index (χ2n) is 4.13. The number of hydrogen-bond acceptors (Lipinski definition) is 4. The molecule has 0 saturated carbocycles. The summed E-state index contributed by atoms with van der Waals surface area (Å²) in [6.45, 7) is 0.876. The molecule has 0 unspecified atom stereocenters. The Hall–Kier alpha value is -1.26. The van der Waals surface area contributed by atoms with Crippen molar-refractivity contribution in [3.63, 3.8) is 0 Å².